The van der Waals surface area contributed by atoms with Gasteiger partial charge in [-0.15, -0.1) is 0 Å². The van der Waals surface area contributed by atoms with Crippen LogP contribution in [0.5, 0.6) is 11.5 Å². The van der Waals surface area contributed by atoms with Crippen molar-refractivity contribution in [1.82, 2.24) is 0 Å². The number of nitrogens with zero attached hydrogens (tertiary/aromatic N) is 1. The minimum atomic E-state index is -4.75. The van der Waals surface area contributed by atoms with Crippen LogP contribution >= 0.6 is 11.6 Å². The molecule has 3 atom stereocenters. The number of hydrogen-bond acceptors (Lipinski definition) is 4. The average Bonchev–Trinajstić information content (AvgIpc) is 3.36. The van der Waals surface area contributed by atoms with E-state index in [1.807, 2.05) is 0 Å². The molecule has 0 aliphatic heterocycles. The van der Waals surface area contributed by atoms with E-state index < -0.39 is 76.5 Å². The summed E-state index contributed by atoms with van der Waals surface area (Å²) < 4.78 is 88.1. The Morgan fingerprint density at radius 1 is 1.29 bits per heavy atom. The van der Waals surface area contributed by atoms with Crippen LogP contribution in [-0.2, 0) is 9.53 Å². The van der Waals surface area contributed by atoms with E-state index in [0.29, 0.717) is 0 Å². The molecular formula is C23H19ClF3NO3. The molecule has 0 saturated heterocycles. The Bertz CT molecular complexity index is 1260. The van der Waals surface area contributed by atoms with Gasteiger partial charge in [0.25, 0.3) is 0 Å². The van der Waals surface area contributed by atoms with Gasteiger partial charge in [0.2, 0.25) is 6.10 Å². The molecule has 1 saturated carbocycles. The second kappa shape index (κ2) is 8.64. The molecule has 1 aliphatic rings. The zero-order chi connectivity index (χ0) is 27.2. The third kappa shape index (κ3) is 5.20. The highest BCUT2D eigenvalue weighted by Gasteiger charge is 2.62. The largest absolute Gasteiger partial charge is 0.457 e. The van der Waals surface area contributed by atoms with Crippen LogP contribution in [-0.4, -0.2) is 12.1 Å². The molecule has 0 N–H and O–H groups in total. The lowest BCUT2D eigenvalue weighted by molar-refractivity contribution is -0.149. The highest BCUT2D eigenvalue weighted by molar-refractivity contribution is 6.30. The Morgan fingerprint density at radius 2 is 1.97 bits per heavy atom. The summed E-state index contributed by atoms with van der Waals surface area (Å²) in [6.45, 7) is 3.16. The number of benzene rings is 2. The monoisotopic (exact) mass is 454 g/mol. The molecule has 4 nitrogen and oxygen atoms in total. The number of carbonyl (C=O) groups excluding carboxylic acids is 1. The van der Waals surface area contributed by atoms with Crippen molar-refractivity contribution in [3.05, 3.63) is 71.1 Å². The van der Waals surface area contributed by atoms with E-state index in [9.17, 15) is 23.2 Å². The predicted molar refractivity (Wildman–Crippen MR) is 108 cm³/mol. The fourth-order valence-corrected chi connectivity index (χ4v) is 3.33. The lowest BCUT2D eigenvalue weighted by Crippen LogP contribution is -2.14. The number of carbonyl (C=O) groups is 1. The topological polar surface area (TPSA) is 59.3 Å². The van der Waals surface area contributed by atoms with Gasteiger partial charge in [-0.1, -0.05) is 61.8 Å². The lowest BCUT2D eigenvalue weighted by Gasteiger charge is -2.13. The molecule has 2 aromatic carbocycles. The van der Waals surface area contributed by atoms with Gasteiger partial charge in [-0.05, 0) is 35.6 Å². The van der Waals surface area contributed by atoms with Gasteiger partial charge in [0.15, 0.2) is 0 Å². The molecule has 1 fully saturated rings. The molecule has 2 aromatic rings. The van der Waals surface area contributed by atoms with Crippen LogP contribution in [0.15, 0.2) is 65.6 Å². The molecule has 1 aliphatic carbocycles. The summed E-state index contributed by atoms with van der Waals surface area (Å²) in [6, 6.07) is 4.47. The Labute approximate surface area is 189 Å². The van der Waals surface area contributed by atoms with Gasteiger partial charge >= 0.3 is 12.1 Å². The van der Waals surface area contributed by atoms with Crippen molar-refractivity contribution < 1.29 is 34.3 Å². The van der Waals surface area contributed by atoms with Crippen molar-refractivity contribution in [3.63, 3.8) is 0 Å². The Morgan fingerprint density at radius 3 is 2.58 bits per heavy atom. The fourth-order valence-electron chi connectivity index (χ4n) is 3.20. The first kappa shape index (κ1) is 16.7. The Balaban J connectivity index is 1.81. The van der Waals surface area contributed by atoms with E-state index in [4.69, 9.17) is 27.9 Å². The van der Waals surface area contributed by atoms with Gasteiger partial charge in [-0.25, -0.2) is 0 Å². The first-order chi connectivity index (χ1) is 16.6. The first-order valence-corrected chi connectivity index (χ1v) is 9.38. The zero-order valence-corrected chi connectivity index (χ0v) is 17.1. The van der Waals surface area contributed by atoms with Crippen LogP contribution in [0.4, 0.5) is 13.2 Å². The Kier molecular flexibility index (Phi) is 4.65. The number of nitriles is 1. The maximum atomic E-state index is 12.8. The number of para-hydroxylation sites is 1. The van der Waals surface area contributed by atoms with E-state index in [-0.39, 0.29) is 11.3 Å². The van der Waals surface area contributed by atoms with Gasteiger partial charge in [-0.3, -0.25) is 4.79 Å². The molecule has 162 valence electrons. The summed E-state index contributed by atoms with van der Waals surface area (Å²) in [5.41, 5.74) is -0.719. The summed E-state index contributed by atoms with van der Waals surface area (Å²) in [6.07, 6.45) is -5.42. The van der Waals surface area contributed by atoms with Gasteiger partial charge in [0.1, 0.15) is 22.6 Å². The number of alkyl halides is 3. The number of allylic oxidation sites excluding steroid dienone is 2. The molecule has 0 heterocycles. The minimum Gasteiger partial charge on any atom is -0.457 e. The standard InChI is InChI=1S/C23H19ClF3NO3/c1-22(2)17(12-19(24)23(25,26)27)20(22)21(29)31-18(13-28)14-7-6-10-16(11-14)30-15-8-4-3-5-9-15/h3-12,17-18,20H,1-2H3/b19-12-/t17-,18+,20-/m0/s1/i3D,4D,5D,8D,9D. The molecule has 0 spiro atoms. The van der Waals surface area contributed by atoms with Crippen LogP contribution in [0.2, 0.25) is 0 Å². The summed E-state index contributed by atoms with van der Waals surface area (Å²) in [5, 5.41) is 8.23. The second-order valence-electron chi connectivity index (χ2n) is 7.41. The quantitative estimate of drug-likeness (QED) is 0.465. The van der Waals surface area contributed by atoms with E-state index in [1.54, 1.807) is 19.9 Å². The predicted octanol–water partition coefficient (Wildman–Crippen LogP) is 6.54. The molecule has 3 rings (SSSR count). The molecule has 0 aromatic heterocycles. The van der Waals surface area contributed by atoms with Crippen LogP contribution in [0.3, 0.4) is 0 Å². The number of rotatable bonds is 6. The highest BCUT2D eigenvalue weighted by atomic mass is 35.5. The van der Waals surface area contributed by atoms with Gasteiger partial charge < -0.3 is 9.47 Å². The van der Waals surface area contributed by atoms with Crippen molar-refractivity contribution in [2.45, 2.75) is 26.1 Å². The summed E-state index contributed by atoms with van der Waals surface area (Å²) >= 11 is 5.31. The van der Waals surface area contributed by atoms with E-state index in [2.05, 4.69) is 0 Å². The first-order valence-electron chi connectivity index (χ1n) is 11.5. The van der Waals surface area contributed by atoms with Gasteiger partial charge in [-0.2, -0.15) is 18.4 Å². The Hall–Kier alpha value is -2.98. The SMILES string of the molecule is [2H]c1c([2H])c([2H])c(Oc2cccc([C@@H](C#N)OC(=O)[C@@H]3[C@H](/C=C(\Cl)C(F)(F)F)C3(C)C)c2)c([2H])c1[2H]. The summed E-state index contributed by atoms with van der Waals surface area (Å²) in [7, 11) is 0. The third-order valence-electron chi connectivity index (χ3n) is 4.97. The summed E-state index contributed by atoms with van der Waals surface area (Å²) in [5.74, 6) is -3.09. The van der Waals surface area contributed by atoms with Gasteiger partial charge in [0.05, 0.1) is 12.8 Å². The number of esters is 1. The van der Waals surface area contributed by atoms with Crippen molar-refractivity contribution >= 4 is 17.6 Å². The molecule has 0 bridgehead atoms. The fraction of sp³-hybridized carbons (Fsp3) is 0.304. The van der Waals surface area contributed by atoms with Crippen molar-refractivity contribution in [1.29, 1.82) is 5.26 Å². The van der Waals surface area contributed by atoms with Crippen LogP contribution in [0.25, 0.3) is 0 Å². The van der Waals surface area contributed by atoms with E-state index >= 15 is 0 Å². The lowest BCUT2D eigenvalue weighted by atomic mass is 10.1. The van der Waals surface area contributed by atoms with Crippen molar-refractivity contribution in [2.24, 2.45) is 17.3 Å². The maximum Gasteiger partial charge on any atom is 0.426 e. The average molecular weight is 455 g/mol. The number of ether oxygens (including phenoxy) is 2. The van der Waals surface area contributed by atoms with E-state index in [0.717, 1.165) is 6.08 Å². The van der Waals surface area contributed by atoms with Crippen molar-refractivity contribution in [3.8, 4) is 17.6 Å². The number of hydrogen-bond donors (Lipinski definition) is 0. The van der Waals surface area contributed by atoms with E-state index in [1.165, 1.54) is 24.3 Å². The molecule has 0 radical (unpaired) electrons. The number of halogens is 4. The smallest absolute Gasteiger partial charge is 0.426 e. The summed E-state index contributed by atoms with van der Waals surface area (Å²) in [4.78, 5) is 12.7. The minimum absolute atomic E-state index is 0.00634. The molecule has 0 unspecified atom stereocenters. The van der Waals surface area contributed by atoms with Crippen LogP contribution in [0.1, 0.15) is 32.4 Å². The van der Waals surface area contributed by atoms with Crippen molar-refractivity contribution in [2.75, 3.05) is 0 Å². The maximum absolute atomic E-state index is 12.8. The highest BCUT2D eigenvalue weighted by Crippen LogP contribution is 2.60. The molecule has 8 heteroatoms. The third-order valence-corrected chi connectivity index (χ3v) is 5.31. The molecule has 0 amide bonds. The molecule has 31 heavy (non-hydrogen) atoms. The van der Waals surface area contributed by atoms with Crippen LogP contribution < -0.4 is 4.74 Å². The zero-order valence-electron chi connectivity index (χ0n) is 21.3. The normalized spacial score (nSPS) is 23.3. The second-order valence-corrected chi connectivity index (χ2v) is 7.82. The molecular weight excluding hydrogens is 431 g/mol. The van der Waals surface area contributed by atoms with Crippen LogP contribution in [0, 0.1) is 28.6 Å². The van der Waals surface area contributed by atoms with Gasteiger partial charge in [0, 0.05) is 5.56 Å².